The third-order valence-electron chi connectivity index (χ3n) is 6.28. The SMILES string of the molecule is C/C(=C\C(=O)CC12COC3(CO)CC1CC2[C@@H]3C)C(N)=O. The number of primary amides is 1. The molecule has 0 spiro atoms. The van der Waals surface area contributed by atoms with Gasteiger partial charge in [0, 0.05) is 17.4 Å². The van der Waals surface area contributed by atoms with E-state index in [4.69, 9.17) is 10.5 Å². The second-order valence-corrected chi connectivity index (χ2v) is 7.11. The standard InChI is InChI=1S/C16H23NO4/c1-9(14(17)20)3-12(19)6-15-8-21-16(7-18)5-11(15)4-13(15)10(16)2/h3,10-11,13,18H,4-8H2,1-2H3,(H2,17,20)/b9-3+/t10-,11?,13?,15?,16?/m0/s1. The van der Waals surface area contributed by atoms with E-state index in [0.717, 1.165) is 12.8 Å². The molecule has 3 saturated carbocycles. The van der Waals surface area contributed by atoms with Crippen molar-refractivity contribution >= 4 is 11.7 Å². The number of hydrogen-bond donors (Lipinski definition) is 2. The molecule has 5 aliphatic rings. The molecule has 5 heteroatoms. The molecule has 5 rings (SSSR count). The largest absolute Gasteiger partial charge is 0.393 e. The van der Waals surface area contributed by atoms with E-state index in [-0.39, 0.29) is 23.7 Å². The molecule has 1 amide bonds. The van der Waals surface area contributed by atoms with Crippen LogP contribution < -0.4 is 5.73 Å². The lowest BCUT2D eigenvalue weighted by atomic mass is 9.38. The zero-order valence-corrected chi connectivity index (χ0v) is 12.6. The fourth-order valence-corrected chi connectivity index (χ4v) is 4.84. The second-order valence-electron chi connectivity index (χ2n) is 7.11. The number of carbonyl (C=O) groups is 2. The summed E-state index contributed by atoms with van der Waals surface area (Å²) in [6, 6.07) is 0. The van der Waals surface area contributed by atoms with Crippen molar-refractivity contribution in [2.75, 3.05) is 13.2 Å². The summed E-state index contributed by atoms with van der Waals surface area (Å²) in [5.41, 5.74) is 4.99. The molecular weight excluding hydrogens is 270 g/mol. The van der Waals surface area contributed by atoms with E-state index in [9.17, 15) is 14.7 Å². The molecule has 0 radical (unpaired) electrons. The Morgan fingerprint density at radius 2 is 2.19 bits per heavy atom. The summed E-state index contributed by atoms with van der Waals surface area (Å²) in [6.07, 6.45) is 3.74. The molecule has 3 aliphatic carbocycles. The van der Waals surface area contributed by atoms with Gasteiger partial charge in [-0.3, -0.25) is 9.59 Å². The Morgan fingerprint density at radius 1 is 1.48 bits per heavy atom. The van der Waals surface area contributed by atoms with E-state index in [1.54, 1.807) is 6.92 Å². The van der Waals surface area contributed by atoms with Gasteiger partial charge in [-0.05, 0) is 43.6 Å². The van der Waals surface area contributed by atoms with Crippen LogP contribution >= 0.6 is 0 Å². The van der Waals surface area contributed by atoms with Gasteiger partial charge in [0.25, 0.3) is 0 Å². The van der Waals surface area contributed by atoms with Crippen molar-refractivity contribution in [3.05, 3.63) is 11.6 Å². The van der Waals surface area contributed by atoms with E-state index in [1.165, 1.54) is 6.08 Å². The first-order chi connectivity index (χ1) is 9.84. The number of aliphatic hydroxyl groups is 1. The van der Waals surface area contributed by atoms with Crippen molar-refractivity contribution in [2.24, 2.45) is 28.9 Å². The second kappa shape index (κ2) is 4.65. The van der Waals surface area contributed by atoms with E-state index in [0.29, 0.717) is 30.4 Å². The summed E-state index contributed by atoms with van der Waals surface area (Å²) >= 11 is 0. The number of fused-ring (bicyclic) bond motifs is 1. The average molecular weight is 293 g/mol. The highest BCUT2D eigenvalue weighted by Crippen LogP contribution is 2.70. The number of amides is 1. The van der Waals surface area contributed by atoms with Gasteiger partial charge in [0.15, 0.2) is 5.78 Å². The summed E-state index contributed by atoms with van der Waals surface area (Å²) in [7, 11) is 0. The van der Waals surface area contributed by atoms with Crippen LogP contribution in [0.25, 0.3) is 0 Å². The zero-order chi connectivity index (χ0) is 15.4. The first kappa shape index (κ1) is 14.7. The Hall–Kier alpha value is -1.20. The molecular formula is C16H23NO4. The molecule has 0 aromatic heterocycles. The van der Waals surface area contributed by atoms with Crippen LogP contribution in [0.1, 0.15) is 33.1 Å². The lowest BCUT2D eigenvalue weighted by Crippen LogP contribution is -2.73. The predicted octanol–water partition coefficient (Wildman–Crippen LogP) is 0.801. The molecule has 2 saturated heterocycles. The molecule has 116 valence electrons. The maximum absolute atomic E-state index is 12.2. The van der Waals surface area contributed by atoms with Gasteiger partial charge in [0.1, 0.15) is 0 Å². The Morgan fingerprint density at radius 3 is 2.71 bits per heavy atom. The Balaban J connectivity index is 1.78. The van der Waals surface area contributed by atoms with Gasteiger partial charge in [0.05, 0.1) is 18.8 Å². The number of aliphatic hydroxyl groups excluding tert-OH is 1. The number of hydrogen-bond acceptors (Lipinski definition) is 4. The van der Waals surface area contributed by atoms with Crippen LogP contribution in [0.2, 0.25) is 0 Å². The van der Waals surface area contributed by atoms with Crippen LogP contribution in [0.3, 0.4) is 0 Å². The highest BCUT2D eigenvalue weighted by Gasteiger charge is 2.70. The van der Waals surface area contributed by atoms with Gasteiger partial charge >= 0.3 is 0 Å². The fourth-order valence-electron chi connectivity index (χ4n) is 4.84. The lowest BCUT2D eigenvalue weighted by Gasteiger charge is -2.72. The summed E-state index contributed by atoms with van der Waals surface area (Å²) in [5, 5.41) is 9.67. The van der Waals surface area contributed by atoms with Crippen LogP contribution in [0.4, 0.5) is 0 Å². The quantitative estimate of drug-likeness (QED) is 0.734. The van der Waals surface area contributed by atoms with E-state index >= 15 is 0 Å². The summed E-state index contributed by atoms with van der Waals surface area (Å²) < 4.78 is 5.97. The number of ether oxygens (including phenoxy) is 1. The Kier molecular flexibility index (Phi) is 3.26. The average Bonchev–Trinajstić information content (AvgIpc) is 2.42. The van der Waals surface area contributed by atoms with Crippen LogP contribution in [-0.2, 0) is 14.3 Å². The van der Waals surface area contributed by atoms with Gasteiger partial charge in [0.2, 0.25) is 5.91 Å². The molecule has 0 aromatic carbocycles. The molecule has 5 atom stereocenters. The summed E-state index contributed by atoms with van der Waals surface area (Å²) in [4.78, 5) is 23.3. The fraction of sp³-hybridized carbons (Fsp3) is 0.750. The third-order valence-corrected chi connectivity index (χ3v) is 6.28. The molecule has 0 aromatic rings. The molecule has 5 fully saturated rings. The monoisotopic (exact) mass is 293 g/mol. The smallest absolute Gasteiger partial charge is 0.244 e. The molecule has 5 nitrogen and oxygen atoms in total. The van der Waals surface area contributed by atoms with Crippen LogP contribution in [-0.4, -0.2) is 35.6 Å². The van der Waals surface area contributed by atoms with Gasteiger partial charge in [-0.25, -0.2) is 0 Å². The summed E-state index contributed by atoms with van der Waals surface area (Å²) in [6.45, 7) is 4.30. The van der Waals surface area contributed by atoms with Crippen LogP contribution in [0.15, 0.2) is 11.6 Å². The molecule has 4 bridgehead atoms. The predicted molar refractivity (Wildman–Crippen MR) is 76.2 cm³/mol. The first-order valence-corrected chi connectivity index (χ1v) is 7.60. The maximum Gasteiger partial charge on any atom is 0.244 e. The molecule has 21 heavy (non-hydrogen) atoms. The van der Waals surface area contributed by atoms with Crippen molar-refractivity contribution in [1.82, 2.24) is 0 Å². The number of rotatable bonds is 5. The minimum Gasteiger partial charge on any atom is -0.393 e. The van der Waals surface area contributed by atoms with Gasteiger partial charge in [-0.1, -0.05) is 6.92 Å². The minimum absolute atomic E-state index is 0.0461. The zero-order valence-electron chi connectivity index (χ0n) is 12.6. The van der Waals surface area contributed by atoms with Crippen LogP contribution in [0, 0.1) is 23.2 Å². The topological polar surface area (TPSA) is 89.6 Å². The molecule has 2 aliphatic heterocycles. The van der Waals surface area contributed by atoms with Gasteiger partial charge < -0.3 is 15.6 Å². The highest BCUT2D eigenvalue weighted by atomic mass is 16.5. The normalized spacial score (nSPS) is 44.3. The molecule has 4 unspecified atom stereocenters. The van der Waals surface area contributed by atoms with E-state index in [2.05, 4.69) is 6.92 Å². The summed E-state index contributed by atoms with van der Waals surface area (Å²) in [5.74, 6) is 0.557. The van der Waals surface area contributed by atoms with Crippen molar-refractivity contribution in [1.29, 1.82) is 0 Å². The number of carbonyl (C=O) groups excluding carboxylic acids is 2. The lowest BCUT2D eigenvalue weighted by molar-refractivity contribution is -0.330. The number of ketones is 1. The van der Waals surface area contributed by atoms with E-state index < -0.39 is 11.5 Å². The van der Waals surface area contributed by atoms with Crippen molar-refractivity contribution < 1.29 is 19.4 Å². The highest BCUT2D eigenvalue weighted by molar-refractivity contribution is 6.00. The minimum atomic E-state index is -0.554. The molecule has 2 heterocycles. The molecule has 3 N–H and O–H groups in total. The number of nitrogens with two attached hydrogens (primary N) is 1. The Bertz CT molecular complexity index is 528. The maximum atomic E-state index is 12.2. The van der Waals surface area contributed by atoms with Crippen molar-refractivity contribution in [3.63, 3.8) is 0 Å². The van der Waals surface area contributed by atoms with Gasteiger partial charge in [-0.2, -0.15) is 0 Å². The third kappa shape index (κ3) is 1.90. The van der Waals surface area contributed by atoms with Crippen LogP contribution in [0.5, 0.6) is 0 Å². The number of allylic oxidation sites excluding steroid dienone is 1. The van der Waals surface area contributed by atoms with Crippen molar-refractivity contribution in [2.45, 2.75) is 38.7 Å². The van der Waals surface area contributed by atoms with Crippen molar-refractivity contribution in [3.8, 4) is 0 Å². The van der Waals surface area contributed by atoms with Gasteiger partial charge in [-0.15, -0.1) is 0 Å². The van der Waals surface area contributed by atoms with E-state index in [1.807, 2.05) is 0 Å². The Labute approximate surface area is 124 Å². The first-order valence-electron chi connectivity index (χ1n) is 7.60.